The van der Waals surface area contributed by atoms with E-state index in [1.165, 1.54) is 7.11 Å². The van der Waals surface area contributed by atoms with Gasteiger partial charge in [0, 0.05) is 16.9 Å². The first-order valence-electron chi connectivity index (χ1n) is 5.12. The van der Waals surface area contributed by atoms with E-state index in [1.807, 2.05) is 0 Å². The van der Waals surface area contributed by atoms with Gasteiger partial charge in [0.15, 0.2) is 0 Å². The van der Waals surface area contributed by atoms with Gasteiger partial charge in [0.05, 0.1) is 7.11 Å². The molecule has 0 saturated carbocycles. The van der Waals surface area contributed by atoms with Crippen LogP contribution in [0.5, 0.6) is 5.88 Å². The van der Waals surface area contributed by atoms with Crippen molar-refractivity contribution < 1.29 is 9.53 Å². The molecule has 0 fully saturated rings. The molecule has 0 unspecified atom stereocenters. The Morgan fingerprint density at radius 2 is 2.17 bits per heavy atom. The SMILES string of the molecule is COc1ncccc1C(=O)Nc1ccc(Br)cn1. The summed E-state index contributed by atoms with van der Waals surface area (Å²) in [5.74, 6) is 0.441. The molecule has 0 aliphatic carbocycles. The van der Waals surface area contributed by atoms with E-state index in [0.29, 0.717) is 11.4 Å². The second-order valence-corrected chi connectivity index (χ2v) is 4.29. The van der Waals surface area contributed by atoms with Gasteiger partial charge >= 0.3 is 0 Å². The van der Waals surface area contributed by atoms with E-state index in [2.05, 4.69) is 31.2 Å². The molecule has 92 valence electrons. The monoisotopic (exact) mass is 307 g/mol. The lowest BCUT2D eigenvalue weighted by molar-refractivity contribution is 0.102. The van der Waals surface area contributed by atoms with Gasteiger partial charge in [0.2, 0.25) is 5.88 Å². The van der Waals surface area contributed by atoms with Crippen molar-refractivity contribution in [1.82, 2.24) is 9.97 Å². The number of halogens is 1. The van der Waals surface area contributed by atoms with E-state index < -0.39 is 0 Å². The Labute approximate surface area is 112 Å². The average molecular weight is 308 g/mol. The van der Waals surface area contributed by atoms with E-state index in [4.69, 9.17) is 4.74 Å². The highest BCUT2D eigenvalue weighted by molar-refractivity contribution is 9.10. The number of rotatable bonds is 3. The fraction of sp³-hybridized carbons (Fsp3) is 0.0833. The lowest BCUT2D eigenvalue weighted by atomic mass is 10.2. The maximum absolute atomic E-state index is 12.0. The Morgan fingerprint density at radius 3 is 2.83 bits per heavy atom. The molecule has 1 N–H and O–H groups in total. The molecular formula is C12H10BrN3O2. The van der Waals surface area contributed by atoms with Gasteiger partial charge < -0.3 is 10.1 Å². The summed E-state index contributed by atoms with van der Waals surface area (Å²) in [4.78, 5) is 20.0. The minimum atomic E-state index is -0.310. The van der Waals surface area contributed by atoms with Crippen LogP contribution in [0.3, 0.4) is 0 Å². The van der Waals surface area contributed by atoms with Crippen molar-refractivity contribution in [2.75, 3.05) is 12.4 Å². The molecule has 1 amide bonds. The third-order valence-corrected chi connectivity index (χ3v) is 2.65. The number of methoxy groups -OCH3 is 1. The maximum Gasteiger partial charge on any atom is 0.262 e. The third-order valence-electron chi connectivity index (χ3n) is 2.18. The van der Waals surface area contributed by atoms with Gasteiger partial charge in [-0.3, -0.25) is 4.79 Å². The highest BCUT2D eigenvalue weighted by Crippen LogP contribution is 2.16. The maximum atomic E-state index is 12.0. The standard InChI is InChI=1S/C12H10BrN3O2/c1-18-12-9(3-2-6-14-12)11(17)16-10-5-4-8(13)7-15-10/h2-7H,1H3,(H,15,16,17). The van der Waals surface area contributed by atoms with Crippen molar-refractivity contribution in [1.29, 1.82) is 0 Å². The Kier molecular flexibility index (Phi) is 3.88. The number of hydrogen-bond acceptors (Lipinski definition) is 4. The summed E-state index contributed by atoms with van der Waals surface area (Å²) in [5.41, 5.74) is 0.365. The van der Waals surface area contributed by atoms with Crippen LogP contribution in [0.2, 0.25) is 0 Å². The van der Waals surface area contributed by atoms with E-state index in [1.54, 1.807) is 36.7 Å². The number of pyridine rings is 2. The van der Waals surface area contributed by atoms with E-state index >= 15 is 0 Å². The van der Waals surface area contributed by atoms with Crippen LogP contribution in [0, 0.1) is 0 Å². The smallest absolute Gasteiger partial charge is 0.262 e. The predicted octanol–water partition coefficient (Wildman–Crippen LogP) is 2.50. The lowest BCUT2D eigenvalue weighted by Crippen LogP contribution is -2.14. The normalized spacial score (nSPS) is 9.89. The number of anilines is 1. The van der Waals surface area contributed by atoms with E-state index in [-0.39, 0.29) is 11.8 Å². The number of nitrogens with zero attached hydrogens (tertiary/aromatic N) is 2. The summed E-state index contributed by atoms with van der Waals surface area (Å²) in [6, 6.07) is 6.81. The van der Waals surface area contributed by atoms with Crippen LogP contribution < -0.4 is 10.1 Å². The minimum absolute atomic E-state index is 0.284. The van der Waals surface area contributed by atoms with Crippen molar-refractivity contribution >= 4 is 27.7 Å². The van der Waals surface area contributed by atoms with Gasteiger partial charge in [-0.2, -0.15) is 0 Å². The van der Waals surface area contributed by atoms with Crippen LogP contribution >= 0.6 is 15.9 Å². The highest BCUT2D eigenvalue weighted by atomic mass is 79.9. The van der Waals surface area contributed by atoms with Crippen LogP contribution in [0.1, 0.15) is 10.4 Å². The fourth-order valence-electron chi connectivity index (χ4n) is 1.36. The first kappa shape index (κ1) is 12.5. The summed E-state index contributed by atoms with van der Waals surface area (Å²) < 4.78 is 5.87. The molecule has 0 radical (unpaired) electrons. The number of aromatic nitrogens is 2. The van der Waals surface area contributed by atoms with Gasteiger partial charge in [0.25, 0.3) is 5.91 Å². The molecule has 0 spiro atoms. The Hall–Kier alpha value is -1.95. The van der Waals surface area contributed by atoms with E-state index in [9.17, 15) is 4.79 Å². The second-order valence-electron chi connectivity index (χ2n) is 3.38. The molecule has 0 aromatic carbocycles. The van der Waals surface area contributed by atoms with E-state index in [0.717, 1.165) is 4.47 Å². The molecule has 2 heterocycles. The van der Waals surface area contributed by atoms with Gasteiger partial charge in [0.1, 0.15) is 11.4 Å². The first-order valence-corrected chi connectivity index (χ1v) is 5.92. The zero-order chi connectivity index (χ0) is 13.0. The number of carbonyl (C=O) groups excluding carboxylic acids is 1. The molecule has 18 heavy (non-hydrogen) atoms. The summed E-state index contributed by atoms with van der Waals surface area (Å²) in [5, 5.41) is 2.67. The summed E-state index contributed by atoms with van der Waals surface area (Å²) in [7, 11) is 1.47. The van der Waals surface area contributed by atoms with Crippen molar-refractivity contribution in [2.24, 2.45) is 0 Å². The Balaban J connectivity index is 2.19. The van der Waals surface area contributed by atoms with Gasteiger partial charge in [-0.15, -0.1) is 0 Å². The van der Waals surface area contributed by atoms with Crippen LogP contribution in [-0.2, 0) is 0 Å². The molecule has 0 aliphatic heterocycles. The number of nitrogens with one attached hydrogen (secondary N) is 1. The number of amides is 1. The van der Waals surface area contributed by atoms with Crippen molar-refractivity contribution in [2.45, 2.75) is 0 Å². The number of carbonyl (C=O) groups is 1. The largest absolute Gasteiger partial charge is 0.480 e. The minimum Gasteiger partial charge on any atom is -0.480 e. The summed E-state index contributed by atoms with van der Waals surface area (Å²) in [6.45, 7) is 0. The highest BCUT2D eigenvalue weighted by Gasteiger charge is 2.13. The number of ether oxygens (including phenoxy) is 1. The van der Waals surface area contributed by atoms with Gasteiger partial charge in [-0.05, 0) is 40.2 Å². The Bertz CT molecular complexity index is 558. The molecule has 0 aliphatic rings. The first-order chi connectivity index (χ1) is 8.70. The van der Waals surface area contributed by atoms with Crippen LogP contribution in [0.15, 0.2) is 41.1 Å². The van der Waals surface area contributed by atoms with Crippen molar-refractivity contribution in [3.8, 4) is 5.88 Å². The zero-order valence-electron chi connectivity index (χ0n) is 9.55. The van der Waals surface area contributed by atoms with Crippen LogP contribution in [0.4, 0.5) is 5.82 Å². The summed E-state index contributed by atoms with van der Waals surface area (Å²) in [6.07, 6.45) is 3.17. The van der Waals surface area contributed by atoms with Crippen LogP contribution in [0.25, 0.3) is 0 Å². The molecule has 2 aromatic rings. The second kappa shape index (κ2) is 5.59. The molecule has 2 aromatic heterocycles. The number of hydrogen-bond donors (Lipinski definition) is 1. The topological polar surface area (TPSA) is 64.1 Å². The quantitative estimate of drug-likeness (QED) is 0.946. The lowest BCUT2D eigenvalue weighted by Gasteiger charge is -2.07. The van der Waals surface area contributed by atoms with Gasteiger partial charge in [-0.25, -0.2) is 9.97 Å². The molecule has 0 atom stereocenters. The molecule has 6 heteroatoms. The molecule has 5 nitrogen and oxygen atoms in total. The van der Waals surface area contributed by atoms with Crippen LogP contribution in [-0.4, -0.2) is 23.0 Å². The average Bonchev–Trinajstić information content (AvgIpc) is 2.41. The van der Waals surface area contributed by atoms with Gasteiger partial charge in [-0.1, -0.05) is 0 Å². The molecular weight excluding hydrogens is 298 g/mol. The van der Waals surface area contributed by atoms with Crippen molar-refractivity contribution in [3.05, 3.63) is 46.7 Å². The fourth-order valence-corrected chi connectivity index (χ4v) is 1.59. The third kappa shape index (κ3) is 2.84. The predicted molar refractivity (Wildman–Crippen MR) is 70.7 cm³/mol. The Morgan fingerprint density at radius 1 is 1.33 bits per heavy atom. The zero-order valence-corrected chi connectivity index (χ0v) is 11.1. The van der Waals surface area contributed by atoms with Crippen molar-refractivity contribution in [3.63, 3.8) is 0 Å². The molecule has 2 rings (SSSR count). The molecule has 0 saturated heterocycles. The molecule has 0 bridgehead atoms. The summed E-state index contributed by atoms with van der Waals surface area (Å²) >= 11 is 3.27.